The summed E-state index contributed by atoms with van der Waals surface area (Å²) in [6.45, 7) is 6.37. The van der Waals surface area contributed by atoms with E-state index in [0.29, 0.717) is 5.52 Å². The van der Waals surface area contributed by atoms with E-state index in [0.717, 1.165) is 17.3 Å². The van der Waals surface area contributed by atoms with Crippen molar-refractivity contribution in [3.8, 4) is 5.69 Å². The summed E-state index contributed by atoms with van der Waals surface area (Å²) in [6.07, 6.45) is 1.52. The number of fused-ring (bicyclic) bond motifs is 1. The van der Waals surface area contributed by atoms with Gasteiger partial charge in [0.1, 0.15) is 17.7 Å². The van der Waals surface area contributed by atoms with Crippen LogP contribution in [0.2, 0.25) is 0 Å². The molecule has 1 aromatic heterocycles. The van der Waals surface area contributed by atoms with Gasteiger partial charge in [-0.15, -0.1) is 0 Å². The predicted molar refractivity (Wildman–Crippen MR) is 79.7 cm³/mol. The zero-order valence-electron chi connectivity index (χ0n) is 12.2. The lowest BCUT2D eigenvalue weighted by Crippen LogP contribution is -2.11. The van der Waals surface area contributed by atoms with Gasteiger partial charge in [-0.25, -0.2) is 13.8 Å². The van der Waals surface area contributed by atoms with Gasteiger partial charge >= 0.3 is 0 Å². The number of hydrogen-bond acceptors (Lipinski definition) is 1. The lowest BCUT2D eigenvalue weighted by atomic mass is 9.87. The minimum absolute atomic E-state index is 0.00287. The second-order valence-electron chi connectivity index (χ2n) is 6.17. The Kier molecular flexibility index (Phi) is 3.04. The smallest absolute Gasteiger partial charge is 0.153 e. The zero-order valence-corrected chi connectivity index (χ0v) is 12.2. The summed E-state index contributed by atoms with van der Waals surface area (Å²) in [5.41, 5.74) is 2.60. The van der Waals surface area contributed by atoms with Gasteiger partial charge in [0, 0.05) is 17.8 Å². The van der Waals surface area contributed by atoms with Crippen molar-refractivity contribution in [2.24, 2.45) is 0 Å². The van der Waals surface area contributed by atoms with Gasteiger partial charge in [-0.1, -0.05) is 32.9 Å². The highest BCUT2D eigenvalue weighted by molar-refractivity contribution is 5.78. The van der Waals surface area contributed by atoms with Crippen LogP contribution < -0.4 is 0 Å². The van der Waals surface area contributed by atoms with E-state index in [-0.39, 0.29) is 10.9 Å². The molecule has 0 saturated carbocycles. The molecule has 0 aliphatic heterocycles. The van der Waals surface area contributed by atoms with E-state index in [1.165, 1.54) is 12.4 Å². The van der Waals surface area contributed by atoms with E-state index in [2.05, 4.69) is 25.8 Å². The largest absolute Gasteiger partial charge is 0.299 e. The van der Waals surface area contributed by atoms with Crippen LogP contribution in [-0.2, 0) is 5.41 Å². The molecule has 0 atom stereocenters. The first-order chi connectivity index (χ1) is 9.86. The number of nitrogens with zero attached hydrogens (tertiary/aromatic N) is 2. The van der Waals surface area contributed by atoms with Crippen LogP contribution in [0.4, 0.5) is 8.78 Å². The van der Waals surface area contributed by atoms with E-state index in [1.807, 2.05) is 24.3 Å². The summed E-state index contributed by atoms with van der Waals surface area (Å²) in [4.78, 5) is 4.05. The molecule has 0 bridgehead atoms. The molecular formula is C17H16F2N2. The van der Waals surface area contributed by atoms with Crippen LogP contribution in [0.3, 0.4) is 0 Å². The highest BCUT2D eigenvalue weighted by Gasteiger charge is 2.15. The van der Waals surface area contributed by atoms with Crippen LogP contribution in [0, 0.1) is 11.6 Å². The lowest BCUT2D eigenvalue weighted by molar-refractivity contribution is 0.589. The number of imidazole rings is 1. The molecule has 108 valence electrons. The van der Waals surface area contributed by atoms with E-state index in [4.69, 9.17) is 0 Å². The molecule has 3 rings (SSSR count). The number of benzene rings is 2. The van der Waals surface area contributed by atoms with Gasteiger partial charge in [0.25, 0.3) is 0 Å². The molecule has 0 N–H and O–H groups in total. The van der Waals surface area contributed by atoms with Crippen molar-refractivity contribution in [1.29, 1.82) is 0 Å². The predicted octanol–water partition coefficient (Wildman–Crippen LogP) is 4.60. The van der Waals surface area contributed by atoms with Crippen molar-refractivity contribution < 1.29 is 8.78 Å². The minimum atomic E-state index is -0.643. The summed E-state index contributed by atoms with van der Waals surface area (Å²) in [5, 5.41) is 0. The van der Waals surface area contributed by atoms with E-state index < -0.39 is 11.6 Å². The van der Waals surface area contributed by atoms with Crippen molar-refractivity contribution in [3.05, 3.63) is 59.9 Å². The highest BCUT2D eigenvalue weighted by atomic mass is 19.1. The third kappa shape index (κ3) is 2.42. The number of hydrogen-bond donors (Lipinski definition) is 0. The highest BCUT2D eigenvalue weighted by Crippen LogP contribution is 2.26. The molecule has 2 nitrogen and oxygen atoms in total. The Balaban J connectivity index is 2.22. The van der Waals surface area contributed by atoms with Gasteiger partial charge in [-0.05, 0) is 23.1 Å². The maximum atomic E-state index is 13.7. The quantitative estimate of drug-likeness (QED) is 0.639. The van der Waals surface area contributed by atoms with Crippen molar-refractivity contribution in [3.63, 3.8) is 0 Å². The molecule has 4 heteroatoms. The third-order valence-corrected chi connectivity index (χ3v) is 3.56. The van der Waals surface area contributed by atoms with Gasteiger partial charge in [0.05, 0.1) is 5.52 Å². The molecule has 0 spiro atoms. The fraction of sp³-hybridized carbons (Fsp3) is 0.235. The van der Waals surface area contributed by atoms with Crippen molar-refractivity contribution >= 4 is 11.0 Å². The van der Waals surface area contributed by atoms with Crippen LogP contribution in [0.25, 0.3) is 16.7 Å². The fourth-order valence-electron chi connectivity index (χ4n) is 2.37. The van der Waals surface area contributed by atoms with Crippen molar-refractivity contribution in [2.75, 3.05) is 0 Å². The molecule has 3 aromatic rings. The van der Waals surface area contributed by atoms with Crippen molar-refractivity contribution in [1.82, 2.24) is 9.55 Å². The zero-order chi connectivity index (χ0) is 15.2. The maximum Gasteiger partial charge on any atom is 0.153 e. The Bertz CT molecular complexity index is 813. The number of rotatable bonds is 1. The van der Waals surface area contributed by atoms with Crippen LogP contribution in [0.5, 0.6) is 0 Å². The molecule has 2 aromatic carbocycles. The molecule has 0 unspecified atom stereocenters. The molecular weight excluding hydrogens is 270 g/mol. The van der Waals surface area contributed by atoms with E-state index in [9.17, 15) is 8.78 Å². The molecule has 0 amide bonds. The normalized spacial score (nSPS) is 12.0. The monoisotopic (exact) mass is 286 g/mol. The van der Waals surface area contributed by atoms with Gasteiger partial charge in [-0.3, -0.25) is 4.57 Å². The second kappa shape index (κ2) is 4.65. The summed E-state index contributed by atoms with van der Waals surface area (Å²) < 4.78 is 28.9. The first-order valence-electron chi connectivity index (χ1n) is 6.79. The summed E-state index contributed by atoms with van der Waals surface area (Å²) in [5.74, 6) is -1.25. The van der Waals surface area contributed by atoms with Crippen LogP contribution >= 0.6 is 0 Å². The third-order valence-electron chi connectivity index (χ3n) is 3.56. The molecule has 0 saturated heterocycles. The number of aromatic nitrogens is 2. The lowest BCUT2D eigenvalue weighted by Gasteiger charge is -2.20. The Morgan fingerprint density at radius 3 is 2.52 bits per heavy atom. The van der Waals surface area contributed by atoms with Crippen molar-refractivity contribution in [2.45, 2.75) is 26.2 Å². The summed E-state index contributed by atoms with van der Waals surface area (Å²) in [7, 11) is 0. The SMILES string of the molecule is CC(C)(C)c1cccc(-n2cnc3c(F)cc(F)cc32)c1. The van der Waals surface area contributed by atoms with Crippen LogP contribution in [0.1, 0.15) is 26.3 Å². The first-order valence-corrected chi connectivity index (χ1v) is 6.79. The molecule has 0 radical (unpaired) electrons. The Morgan fingerprint density at radius 1 is 1.05 bits per heavy atom. The Morgan fingerprint density at radius 2 is 1.81 bits per heavy atom. The van der Waals surface area contributed by atoms with E-state index >= 15 is 0 Å². The second-order valence-corrected chi connectivity index (χ2v) is 6.17. The number of halogens is 2. The summed E-state index contributed by atoms with van der Waals surface area (Å²) in [6, 6.07) is 10.1. The summed E-state index contributed by atoms with van der Waals surface area (Å²) >= 11 is 0. The Hall–Kier alpha value is -2.23. The van der Waals surface area contributed by atoms with E-state index in [1.54, 1.807) is 4.57 Å². The van der Waals surface area contributed by atoms with Gasteiger partial charge < -0.3 is 0 Å². The first kappa shape index (κ1) is 13.7. The minimum Gasteiger partial charge on any atom is -0.299 e. The average molecular weight is 286 g/mol. The molecule has 0 fully saturated rings. The van der Waals surface area contributed by atoms with Gasteiger partial charge in [0.2, 0.25) is 0 Å². The Labute approximate surface area is 122 Å². The molecule has 0 aliphatic carbocycles. The van der Waals surface area contributed by atoms with Gasteiger partial charge in [0.15, 0.2) is 5.82 Å². The average Bonchev–Trinajstić information content (AvgIpc) is 2.82. The maximum absolute atomic E-state index is 13.7. The molecule has 1 heterocycles. The fourth-order valence-corrected chi connectivity index (χ4v) is 2.37. The van der Waals surface area contributed by atoms with Crippen LogP contribution in [0.15, 0.2) is 42.7 Å². The molecule has 0 aliphatic rings. The van der Waals surface area contributed by atoms with Crippen LogP contribution in [-0.4, -0.2) is 9.55 Å². The van der Waals surface area contributed by atoms with Gasteiger partial charge in [-0.2, -0.15) is 0 Å². The standard InChI is InChI=1S/C17H16F2N2/c1-17(2,3)11-5-4-6-13(7-11)21-10-20-16-14(19)8-12(18)9-15(16)21/h4-10H,1-3H3. The molecule has 21 heavy (non-hydrogen) atoms. The topological polar surface area (TPSA) is 17.8 Å².